The average Bonchev–Trinajstić information content (AvgIpc) is 3.76. The van der Waals surface area contributed by atoms with Crippen molar-refractivity contribution in [2.75, 3.05) is 19.6 Å². The maximum Gasteiger partial charge on any atom is 0.273 e. The first-order valence-corrected chi connectivity index (χ1v) is 13.1. The lowest BCUT2D eigenvalue weighted by atomic mass is 9.90. The highest BCUT2D eigenvalue weighted by Crippen LogP contribution is 2.49. The predicted molar refractivity (Wildman–Crippen MR) is 132 cm³/mol. The van der Waals surface area contributed by atoms with E-state index in [9.17, 15) is 27.2 Å². The lowest BCUT2D eigenvalue weighted by Crippen LogP contribution is -2.57. The third kappa shape index (κ3) is 5.29. The molecule has 6 rings (SSSR count). The fourth-order valence-electron chi connectivity index (χ4n) is 5.25. The molecule has 40 heavy (non-hydrogen) atoms. The van der Waals surface area contributed by atoms with Crippen LogP contribution in [0.4, 0.5) is 17.6 Å². The summed E-state index contributed by atoms with van der Waals surface area (Å²) in [4.78, 5) is 37.1. The number of alkyl halides is 2. The first-order valence-electron chi connectivity index (χ1n) is 13.1. The zero-order chi connectivity index (χ0) is 28.1. The molecule has 0 spiro atoms. The summed E-state index contributed by atoms with van der Waals surface area (Å²) in [6.07, 6.45) is 4.68. The van der Waals surface area contributed by atoms with Gasteiger partial charge in [0.05, 0.1) is 17.0 Å². The van der Waals surface area contributed by atoms with E-state index in [2.05, 4.69) is 25.8 Å². The van der Waals surface area contributed by atoms with Crippen molar-refractivity contribution >= 4 is 11.8 Å². The summed E-state index contributed by atoms with van der Waals surface area (Å²) in [7, 11) is 0. The molecule has 2 N–H and O–H groups in total. The van der Waals surface area contributed by atoms with E-state index in [-0.39, 0.29) is 42.4 Å². The van der Waals surface area contributed by atoms with Crippen LogP contribution in [0.3, 0.4) is 0 Å². The highest BCUT2D eigenvalue weighted by molar-refractivity contribution is 5.94. The quantitative estimate of drug-likeness (QED) is 0.408. The fraction of sp³-hybridized carbons (Fsp3) is 0.444. The minimum Gasteiger partial charge on any atom is -0.355 e. The topological polar surface area (TPSA) is 113 Å². The Morgan fingerprint density at radius 2 is 1.88 bits per heavy atom. The second-order valence-electron chi connectivity index (χ2n) is 10.7. The van der Waals surface area contributed by atoms with E-state index in [4.69, 9.17) is 4.52 Å². The number of halogens is 4. The van der Waals surface area contributed by atoms with Crippen molar-refractivity contribution in [3.8, 4) is 11.3 Å². The van der Waals surface area contributed by atoms with E-state index in [1.54, 1.807) is 18.5 Å². The highest BCUT2D eigenvalue weighted by Gasteiger charge is 2.57. The molecule has 210 valence electrons. The lowest BCUT2D eigenvalue weighted by Gasteiger charge is -2.38. The van der Waals surface area contributed by atoms with Gasteiger partial charge < -0.3 is 20.1 Å². The van der Waals surface area contributed by atoms with Crippen LogP contribution in [0.1, 0.15) is 42.0 Å². The molecule has 3 fully saturated rings. The second kappa shape index (κ2) is 9.95. The molecule has 3 heterocycles. The van der Waals surface area contributed by atoms with E-state index in [1.807, 2.05) is 4.90 Å². The Morgan fingerprint density at radius 3 is 2.55 bits per heavy atom. The largest absolute Gasteiger partial charge is 0.355 e. The van der Waals surface area contributed by atoms with Crippen LogP contribution < -0.4 is 10.6 Å². The normalized spacial score (nSPS) is 24.8. The zero-order valence-corrected chi connectivity index (χ0v) is 21.2. The van der Waals surface area contributed by atoms with Gasteiger partial charge in [-0.15, -0.1) is 0 Å². The Labute approximate surface area is 226 Å². The van der Waals surface area contributed by atoms with Gasteiger partial charge in [0.2, 0.25) is 5.91 Å². The SMILES string of the molecule is O=C(N[C@H]1CCN(C[C@H]2CC2(F)F)C[C@@H]1C(=O)NC1(c2ncccn2)CC1)c1cc(-c2ccc(F)cc2F)on1. The average molecular weight is 559 g/mol. The van der Waals surface area contributed by atoms with Crippen LogP contribution in [-0.2, 0) is 10.3 Å². The first-order chi connectivity index (χ1) is 19.1. The van der Waals surface area contributed by atoms with Crippen molar-refractivity contribution in [1.29, 1.82) is 0 Å². The zero-order valence-electron chi connectivity index (χ0n) is 21.2. The van der Waals surface area contributed by atoms with Gasteiger partial charge >= 0.3 is 0 Å². The fourth-order valence-corrected chi connectivity index (χ4v) is 5.25. The molecular formula is C27H26F4N6O3. The van der Waals surface area contributed by atoms with Crippen LogP contribution in [-0.4, -0.2) is 63.4 Å². The molecular weight excluding hydrogens is 532 g/mol. The van der Waals surface area contributed by atoms with Crippen LogP contribution >= 0.6 is 0 Å². The molecule has 9 nitrogen and oxygen atoms in total. The minimum absolute atomic E-state index is 0.0596. The summed E-state index contributed by atoms with van der Waals surface area (Å²) in [6, 6.07) is 5.22. The standard InChI is InChI=1S/C27H26F4N6O3/c28-16-2-3-17(19(29)10-16)22-11-21(36-40-22)24(39)34-20-4-9-37(13-15-12-27(15,30)31)14-18(20)23(38)35-26(5-6-26)25-32-7-1-8-33-25/h1-3,7-8,10-11,15,18,20H,4-6,9,12-14H2,(H,34,39)(H,35,38)/t15-,18+,20+/m1/s1. The predicted octanol–water partition coefficient (Wildman–Crippen LogP) is 3.29. The number of nitrogens with one attached hydrogen (secondary N) is 2. The molecule has 2 saturated carbocycles. The van der Waals surface area contributed by atoms with Crippen LogP contribution in [0.2, 0.25) is 0 Å². The molecule has 0 bridgehead atoms. The summed E-state index contributed by atoms with van der Waals surface area (Å²) in [5, 5.41) is 9.59. The maximum atomic E-state index is 14.2. The van der Waals surface area contributed by atoms with Gasteiger partial charge in [-0.2, -0.15) is 0 Å². The van der Waals surface area contributed by atoms with Gasteiger partial charge in [-0.1, -0.05) is 5.16 Å². The van der Waals surface area contributed by atoms with Crippen molar-refractivity contribution in [2.24, 2.45) is 11.8 Å². The number of benzene rings is 1. The number of piperidine rings is 1. The van der Waals surface area contributed by atoms with Crippen molar-refractivity contribution in [3.63, 3.8) is 0 Å². The number of likely N-dealkylation sites (tertiary alicyclic amines) is 1. The number of carbonyl (C=O) groups excluding carboxylic acids is 2. The van der Waals surface area contributed by atoms with Gasteiger partial charge in [0, 0.05) is 62.5 Å². The monoisotopic (exact) mass is 558 g/mol. The van der Waals surface area contributed by atoms with Crippen LogP contribution in [0.25, 0.3) is 11.3 Å². The van der Waals surface area contributed by atoms with Gasteiger partial charge in [-0.05, 0) is 37.5 Å². The molecule has 2 amide bonds. The van der Waals surface area contributed by atoms with E-state index in [1.165, 1.54) is 12.1 Å². The number of rotatable bonds is 8. The Morgan fingerprint density at radius 1 is 1.12 bits per heavy atom. The van der Waals surface area contributed by atoms with Gasteiger partial charge in [0.15, 0.2) is 17.3 Å². The Hall–Kier alpha value is -3.87. The van der Waals surface area contributed by atoms with E-state index < -0.39 is 46.9 Å². The van der Waals surface area contributed by atoms with E-state index in [0.717, 1.165) is 6.07 Å². The summed E-state index contributed by atoms with van der Waals surface area (Å²) in [5.41, 5.74) is -0.901. The number of hydrogen-bond acceptors (Lipinski definition) is 7. The molecule has 1 aromatic carbocycles. The molecule has 1 saturated heterocycles. The molecule has 3 aliphatic rings. The number of hydrogen-bond donors (Lipinski definition) is 2. The molecule has 3 atom stereocenters. The smallest absolute Gasteiger partial charge is 0.273 e. The third-order valence-corrected chi connectivity index (χ3v) is 7.83. The number of carbonyl (C=O) groups is 2. The summed E-state index contributed by atoms with van der Waals surface area (Å²) in [6.45, 7) is 0.763. The third-order valence-electron chi connectivity index (χ3n) is 7.83. The van der Waals surface area contributed by atoms with Crippen LogP contribution in [0.15, 0.2) is 47.2 Å². The lowest BCUT2D eigenvalue weighted by molar-refractivity contribution is -0.128. The number of nitrogens with zero attached hydrogens (tertiary/aromatic N) is 4. The van der Waals surface area contributed by atoms with Gasteiger partial charge in [0.25, 0.3) is 11.8 Å². The van der Waals surface area contributed by atoms with Crippen molar-refractivity contribution < 1.29 is 31.7 Å². The van der Waals surface area contributed by atoms with Crippen molar-refractivity contribution in [2.45, 2.75) is 43.2 Å². The summed E-state index contributed by atoms with van der Waals surface area (Å²) < 4.78 is 59.8. The Bertz CT molecular complexity index is 1430. The van der Waals surface area contributed by atoms with Crippen molar-refractivity contribution in [3.05, 3.63) is 65.9 Å². The van der Waals surface area contributed by atoms with Crippen molar-refractivity contribution in [1.82, 2.24) is 30.7 Å². The minimum atomic E-state index is -2.68. The van der Waals surface area contributed by atoms with E-state index >= 15 is 0 Å². The molecule has 0 unspecified atom stereocenters. The number of aromatic nitrogens is 3. The Kier molecular flexibility index (Phi) is 6.56. The molecule has 3 aromatic rings. The summed E-state index contributed by atoms with van der Waals surface area (Å²) in [5.74, 6) is -6.33. The van der Waals surface area contributed by atoms with Crippen LogP contribution in [0, 0.1) is 23.5 Å². The second-order valence-corrected chi connectivity index (χ2v) is 10.7. The van der Waals surface area contributed by atoms with Gasteiger partial charge in [-0.3, -0.25) is 9.59 Å². The number of amides is 2. The molecule has 13 heteroatoms. The highest BCUT2D eigenvalue weighted by atomic mass is 19.3. The van der Waals surface area contributed by atoms with E-state index in [0.29, 0.717) is 37.7 Å². The molecule has 2 aromatic heterocycles. The van der Waals surface area contributed by atoms with Gasteiger partial charge in [-0.25, -0.2) is 27.5 Å². The maximum absolute atomic E-state index is 14.2. The first kappa shape index (κ1) is 26.4. The summed E-state index contributed by atoms with van der Waals surface area (Å²) >= 11 is 0. The van der Waals surface area contributed by atoms with Gasteiger partial charge in [0.1, 0.15) is 11.6 Å². The Balaban J connectivity index is 1.18. The van der Waals surface area contributed by atoms with Crippen LogP contribution in [0.5, 0.6) is 0 Å². The molecule has 1 aliphatic heterocycles. The molecule has 2 aliphatic carbocycles. The molecule has 0 radical (unpaired) electrons.